The molecular weight excluding hydrogens is 476 g/mol. The molecule has 0 saturated carbocycles. The van der Waals surface area contributed by atoms with Crippen LogP contribution in [-0.2, 0) is 23.1 Å². The highest BCUT2D eigenvalue weighted by atomic mass is 32.2. The zero-order valence-corrected chi connectivity index (χ0v) is 22.8. The van der Waals surface area contributed by atoms with E-state index < -0.39 is 10.0 Å². The average Bonchev–Trinajstić information content (AvgIpc) is 2.89. The number of rotatable bonds is 12. The van der Waals surface area contributed by atoms with Gasteiger partial charge in [0, 0.05) is 31.9 Å². The third-order valence-electron chi connectivity index (χ3n) is 6.17. The molecule has 0 unspecified atom stereocenters. The predicted octanol–water partition coefficient (Wildman–Crippen LogP) is 5.26. The third kappa shape index (κ3) is 6.12. The molecule has 0 radical (unpaired) electrons. The van der Waals surface area contributed by atoms with Gasteiger partial charge >= 0.3 is 0 Å². The molecule has 0 N–H and O–H groups in total. The molecule has 0 aliphatic heterocycles. The van der Waals surface area contributed by atoms with E-state index in [-0.39, 0.29) is 18.0 Å². The summed E-state index contributed by atoms with van der Waals surface area (Å²) in [4.78, 5) is 2.50. The van der Waals surface area contributed by atoms with Crippen LogP contribution in [0.15, 0.2) is 65.6 Å². The van der Waals surface area contributed by atoms with Crippen molar-refractivity contribution in [3.8, 4) is 17.2 Å². The van der Waals surface area contributed by atoms with E-state index >= 15 is 0 Å². The number of anilines is 1. The normalized spacial score (nSPS) is 11.4. The van der Waals surface area contributed by atoms with Crippen molar-refractivity contribution >= 4 is 15.7 Å². The molecule has 0 amide bonds. The molecule has 0 bridgehead atoms. The summed E-state index contributed by atoms with van der Waals surface area (Å²) in [6.07, 6.45) is 0. The van der Waals surface area contributed by atoms with Gasteiger partial charge in [0.05, 0.1) is 26.2 Å². The van der Waals surface area contributed by atoms with Crippen LogP contribution in [0.4, 0.5) is 5.69 Å². The van der Waals surface area contributed by atoms with Crippen molar-refractivity contribution in [1.29, 1.82) is 0 Å². The van der Waals surface area contributed by atoms with Crippen molar-refractivity contribution in [2.45, 2.75) is 38.8 Å². The zero-order chi connectivity index (χ0) is 26.3. The van der Waals surface area contributed by atoms with E-state index in [0.717, 1.165) is 35.5 Å². The number of aryl methyl sites for hydroxylation is 1. The van der Waals surface area contributed by atoms with Crippen molar-refractivity contribution in [3.63, 3.8) is 0 Å². The molecular formula is C28H36N2O5S. The Hall–Kier alpha value is -3.23. The van der Waals surface area contributed by atoms with Gasteiger partial charge in [-0.3, -0.25) is 0 Å². The van der Waals surface area contributed by atoms with Crippen LogP contribution in [0.25, 0.3) is 0 Å². The molecule has 0 saturated heterocycles. The van der Waals surface area contributed by atoms with Crippen molar-refractivity contribution in [2.24, 2.45) is 0 Å². The lowest BCUT2D eigenvalue weighted by Crippen LogP contribution is -2.30. The van der Waals surface area contributed by atoms with Crippen molar-refractivity contribution in [2.75, 3.05) is 39.3 Å². The van der Waals surface area contributed by atoms with E-state index in [9.17, 15) is 8.42 Å². The standard InChI is InChI=1S/C28H36N2O5S/c1-7-29(8-2)24-13-11-22(12-14-24)19-30(36(31,32)25-15-9-21(3)10-16-25)20-23-17-26(33-4)28(35-6)27(18-23)34-5/h9-18H,7-8,19-20H2,1-6H3. The minimum atomic E-state index is -3.79. The third-order valence-corrected chi connectivity index (χ3v) is 7.97. The lowest BCUT2D eigenvalue weighted by molar-refractivity contribution is 0.322. The first-order valence-corrected chi connectivity index (χ1v) is 13.4. The Morgan fingerprint density at radius 2 is 1.25 bits per heavy atom. The molecule has 7 nitrogen and oxygen atoms in total. The Labute approximate surface area is 215 Å². The van der Waals surface area contributed by atoms with E-state index in [4.69, 9.17) is 14.2 Å². The fourth-order valence-corrected chi connectivity index (χ4v) is 5.54. The Morgan fingerprint density at radius 1 is 0.722 bits per heavy atom. The Balaban J connectivity index is 2.02. The fourth-order valence-electron chi connectivity index (χ4n) is 4.12. The van der Waals surface area contributed by atoms with Crippen LogP contribution in [0.3, 0.4) is 0 Å². The number of sulfonamides is 1. The van der Waals surface area contributed by atoms with Gasteiger partial charge in [-0.25, -0.2) is 8.42 Å². The molecule has 0 atom stereocenters. The summed E-state index contributed by atoms with van der Waals surface area (Å²) >= 11 is 0. The van der Waals surface area contributed by atoms with Crippen LogP contribution < -0.4 is 19.1 Å². The van der Waals surface area contributed by atoms with Gasteiger partial charge in [0.2, 0.25) is 15.8 Å². The quantitative estimate of drug-likeness (QED) is 0.330. The van der Waals surface area contributed by atoms with Crippen LogP contribution in [0, 0.1) is 6.92 Å². The summed E-state index contributed by atoms with van der Waals surface area (Å²) in [5.41, 5.74) is 3.73. The number of hydrogen-bond donors (Lipinski definition) is 0. The van der Waals surface area contributed by atoms with Crippen LogP contribution in [0.1, 0.15) is 30.5 Å². The highest BCUT2D eigenvalue weighted by Gasteiger charge is 2.26. The van der Waals surface area contributed by atoms with Crippen molar-refractivity contribution in [3.05, 3.63) is 77.4 Å². The lowest BCUT2D eigenvalue weighted by Gasteiger charge is -2.25. The van der Waals surface area contributed by atoms with Crippen molar-refractivity contribution < 1.29 is 22.6 Å². The molecule has 0 heterocycles. The lowest BCUT2D eigenvalue weighted by atomic mass is 10.1. The summed E-state index contributed by atoms with van der Waals surface area (Å²) in [6, 6.07) is 18.5. The topological polar surface area (TPSA) is 68.3 Å². The monoisotopic (exact) mass is 512 g/mol. The van der Waals surface area contributed by atoms with Gasteiger partial charge < -0.3 is 19.1 Å². The predicted molar refractivity (Wildman–Crippen MR) is 144 cm³/mol. The summed E-state index contributed by atoms with van der Waals surface area (Å²) < 4.78 is 45.4. The SMILES string of the molecule is CCN(CC)c1ccc(CN(Cc2cc(OC)c(OC)c(OC)c2)S(=O)(=O)c2ccc(C)cc2)cc1. The van der Waals surface area contributed by atoms with Gasteiger partial charge in [0.25, 0.3) is 0 Å². The van der Waals surface area contributed by atoms with Crippen LogP contribution >= 0.6 is 0 Å². The molecule has 3 aromatic rings. The smallest absolute Gasteiger partial charge is 0.243 e. The highest BCUT2D eigenvalue weighted by Crippen LogP contribution is 2.39. The van der Waals surface area contributed by atoms with Gasteiger partial charge in [-0.15, -0.1) is 0 Å². The summed E-state index contributed by atoms with van der Waals surface area (Å²) in [7, 11) is 0.825. The first-order chi connectivity index (χ1) is 17.3. The molecule has 194 valence electrons. The minimum absolute atomic E-state index is 0.130. The molecule has 0 aliphatic carbocycles. The van der Waals surface area contributed by atoms with E-state index in [1.807, 2.05) is 43.3 Å². The molecule has 3 aromatic carbocycles. The second kappa shape index (κ2) is 12.1. The van der Waals surface area contributed by atoms with Crippen LogP contribution in [0.5, 0.6) is 17.2 Å². The number of benzene rings is 3. The van der Waals surface area contributed by atoms with E-state index in [1.54, 1.807) is 38.5 Å². The van der Waals surface area contributed by atoms with Gasteiger partial charge in [-0.1, -0.05) is 29.8 Å². The van der Waals surface area contributed by atoms with Gasteiger partial charge in [-0.2, -0.15) is 4.31 Å². The number of methoxy groups -OCH3 is 3. The second-order valence-electron chi connectivity index (χ2n) is 8.46. The average molecular weight is 513 g/mol. The second-order valence-corrected chi connectivity index (χ2v) is 10.4. The van der Waals surface area contributed by atoms with E-state index in [2.05, 4.69) is 18.7 Å². The molecule has 0 fully saturated rings. The van der Waals surface area contributed by atoms with Gasteiger partial charge in [0.15, 0.2) is 11.5 Å². The molecule has 0 spiro atoms. The van der Waals surface area contributed by atoms with Crippen LogP contribution in [-0.4, -0.2) is 47.1 Å². The number of hydrogen-bond acceptors (Lipinski definition) is 6. The van der Waals surface area contributed by atoms with Gasteiger partial charge in [-0.05, 0) is 68.3 Å². The van der Waals surface area contributed by atoms with E-state index in [1.165, 1.54) is 11.4 Å². The number of nitrogens with zero attached hydrogens (tertiary/aromatic N) is 2. The first kappa shape index (κ1) is 27.4. The van der Waals surface area contributed by atoms with Crippen LogP contribution in [0.2, 0.25) is 0 Å². The largest absolute Gasteiger partial charge is 0.493 e. The first-order valence-electron chi connectivity index (χ1n) is 12.0. The Bertz CT molecular complexity index is 1210. The maximum absolute atomic E-state index is 13.8. The minimum Gasteiger partial charge on any atom is -0.493 e. The molecule has 0 aromatic heterocycles. The maximum Gasteiger partial charge on any atom is 0.243 e. The van der Waals surface area contributed by atoms with Crippen molar-refractivity contribution in [1.82, 2.24) is 4.31 Å². The zero-order valence-electron chi connectivity index (χ0n) is 21.9. The Morgan fingerprint density at radius 3 is 1.72 bits per heavy atom. The summed E-state index contributed by atoms with van der Waals surface area (Å²) in [6.45, 7) is 8.32. The number of ether oxygens (including phenoxy) is 3. The molecule has 0 aliphatic rings. The van der Waals surface area contributed by atoms with Gasteiger partial charge in [0.1, 0.15) is 0 Å². The molecule has 8 heteroatoms. The maximum atomic E-state index is 13.8. The highest BCUT2D eigenvalue weighted by molar-refractivity contribution is 7.89. The fraction of sp³-hybridized carbons (Fsp3) is 0.357. The van der Waals surface area contributed by atoms with E-state index in [0.29, 0.717) is 17.2 Å². The Kier molecular flexibility index (Phi) is 9.23. The summed E-state index contributed by atoms with van der Waals surface area (Å²) in [5, 5.41) is 0. The summed E-state index contributed by atoms with van der Waals surface area (Å²) in [5.74, 6) is 1.41. The molecule has 3 rings (SSSR count). The molecule has 36 heavy (non-hydrogen) atoms.